The quantitative estimate of drug-likeness (QED) is 0.277. The Kier molecular flexibility index (Phi) is 6.35. The van der Waals surface area contributed by atoms with Crippen LogP contribution in [0, 0.1) is 41.5 Å². The average molecular weight is 470 g/mol. The van der Waals surface area contributed by atoms with Crippen molar-refractivity contribution in [2.75, 3.05) is 4.90 Å². The summed E-state index contributed by atoms with van der Waals surface area (Å²) in [6.07, 6.45) is 0. The number of phenolic OH excluding ortho intramolecular Hbond substituents is 3. The highest BCUT2D eigenvalue weighted by molar-refractivity contribution is 5.84. The second kappa shape index (κ2) is 9.26. The Hall–Kier alpha value is -4.12. The van der Waals surface area contributed by atoms with Crippen LogP contribution < -0.4 is 9.64 Å². The van der Waals surface area contributed by atoms with Crippen LogP contribution in [-0.2, 0) is 0 Å². The third-order valence-electron chi connectivity index (χ3n) is 6.27. The molecule has 0 aliphatic heterocycles. The molecule has 35 heavy (non-hydrogen) atoms. The minimum Gasteiger partial charge on any atom is -0.508 e. The third-order valence-corrected chi connectivity index (χ3v) is 6.27. The van der Waals surface area contributed by atoms with Gasteiger partial charge in [0.25, 0.3) is 0 Å². The SMILES string of the molecule is Cc1ccc(O)c(C)c1Oc1cccc(N(c2c(C)cc(O)cc2C)c2c(C)cc(O)cc2C)c1. The molecule has 5 heteroatoms. The Labute approximate surface area is 206 Å². The van der Waals surface area contributed by atoms with Gasteiger partial charge in [-0.05, 0) is 112 Å². The Morgan fingerprint density at radius 2 is 1.11 bits per heavy atom. The summed E-state index contributed by atoms with van der Waals surface area (Å²) in [6, 6.07) is 18.3. The number of rotatable bonds is 5. The van der Waals surface area contributed by atoms with Crippen molar-refractivity contribution in [3.05, 3.63) is 94.0 Å². The number of benzene rings is 4. The maximum Gasteiger partial charge on any atom is 0.136 e. The van der Waals surface area contributed by atoms with Gasteiger partial charge in [0.15, 0.2) is 0 Å². The molecule has 180 valence electrons. The Balaban J connectivity index is 1.92. The molecule has 4 rings (SSSR count). The highest BCUT2D eigenvalue weighted by atomic mass is 16.5. The van der Waals surface area contributed by atoms with Gasteiger partial charge < -0.3 is 25.0 Å². The summed E-state index contributed by atoms with van der Waals surface area (Å²) in [5.74, 6) is 1.88. The Morgan fingerprint density at radius 3 is 1.63 bits per heavy atom. The minimum absolute atomic E-state index is 0.189. The van der Waals surface area contributed by atoms with E-state index >= 15 is 0 Å². The molecule has 0 aliphatic rings. The van der Waals surface area contributed by atoms with Crippen molar-refractivity contribution in [3.63, 3.8) is 0 Å². The fourth-order valence-electron chi connectivity index (χ4n) is 4.72. The zero-order valence-corrected chi connectivity index (χ0v) is 21.0. The number of ether oxygens (including phenoxy) is 1. The first-order valence-corrected chi connectivity index (χ1v) is 11.5. The first kappa shape index (κ1) is 24.0. The van der Waals surface area contributed by atoms with Crippen LogP contribution in [0.5, 0.6) is 28.7 Å². The van der Waals surface area contributed by atoms with E-state index in [1.807, 2.05) is 71.9 Å². The maximum atomic E-state index is 10.2. The Morgan fingerprint density at radius 1 is 0.600 bits per heavy atom. The van der Waals surface area contributed by atoms with E-state index in [0.717, 1.165) is 44.9 Å². The fourth-order valence-corrected chi connectivity index (χ4v) is 4.72. The number of hydrogen-bond donors (Lipinski definition) is 3. The normalized spacial score (nSPS) is 10.9. The predicted octanol–water partition coefficient (Wildman–Crippen LogP) is 7.92. The molecule has 0 aliphatic carbocycles. The van der Waals surface area contributed by atoms with E-state index in [4.69, 9.17) is 4.74 Å². The molecule has 0 amide bonds. The lowest BCUT2D eigenvalue weighted by molar-refractivity contribution is 0.446. The number of phenols is 3. The van der Waals surface area contributed by atoms with Crippen molar-refractivity contribution < 1.29 is 20.1 Å². The zero-order valence-electron chi connectivity index (χ0n) is 21.0. The van der Waals surface area contributed by atoms with Gasteiger partial charge >= 0.3 is 0 Å². The molecule has 0 atom stereocenters. The molecule has 3 N–H and O–H groups in total. The molecule has 0 aromatic heterocycles. The molecule has 0 unspecified atom stereocenters. The second-order valence-corrected chi connectivity index (χ2v) is 9.15. The minimum atomic E-state index is 0.189. The Bertz CT molecular complexity index is 1320. The summed E-state index contributed by atoms with van der Waals surface area (Å²) in [5, 5.41) is 30.5. The average Bonchev–Trinajstić information content (AvgIpc) is 2.77. The van der Waals surface area contributed by atoms with Crippen molar-refractivity contribution in [3.8, 4) is 28.7 Å². The number of hydrogen-bond acceptors (Lipinski definition) is 5. The molecule has 0 saturated carbocycles. The largest absolute Gasteiger partial charge is 0.508 e. The molecule has 4 aromatic carbocycles. The van der Waals surface area contributed by atoms with Gasteiger partial charge in [-0.15, -0.1) is 0 Å². The standard InChI is InChI=1S/C30H31NO4/c1-17-10-11-27(34)22(6)30(17)35-26-9-7-8-23(16-26)31(28-18(2)12-24(32)13-19(28)3)29-20(4)14-25(33)15-21(29)5/h7-16,32-34H,1-6H3. The third kappa shape index (κ3) is 4.62. The van der Waals surface area contributed by atoms with E-state index in [1.54, 1.807) is 30.3 Å². The van der Waals surface area contributed by atoms with Crippen molar-refractivity contribution in [1.82, 2.24) is 0 Å². The van der Waals surface area contributed by atoms with Gasteiger partial charge in [-0.3, -0.25) is 0 Å². The van der Waals surface area contributed by atoms with Crippen LogP contribution in [0.15, 0.2) is 60.7 Å². The number of nitrogens with zero attached hydrogens (tertiary/aromatic N) is 1. The first-order chi connectivity index (χ1) is 16.6. The molecule has 0 bridgehead atoms. The van der Waals surface area contributed by atoms with Crippen LogP contribution in [0.3, 0.4) is 0 Å². The van der Waals surface area contributed by atoms with Crippen LogP contribution in [0.25, 0.3) is 0 Å². The lowest BCUT2D eigenvalue weighted by Crippen LogP contribution is -2.15. The van der Waals surface area contributed by atoms with Crippen LogP contribution >= 0.6 is 0 Å². The van der Waals surface area contributed by atoms with Gasteiger partial charge in [0, 0.05) is 17.3 Å². The van der Waals surface area contributed by atoms with E-state index < -0.39 is 0 Å². The van der Waals surface area contributed by atoms with Gasteiger partial charge in [0.1, 0.15) is 28.7 Å². The molecule has 0 radical (unpaired) electrons. The summed E-state index contributed by atoms with van der Waals surface area (Å²) in [6.45, 7) is 11.7. The van der Waals surface area contributed by atoms with E-state index in [2.05, 4.69) is 4.90 Å². The zero-order chi connectivity index (χ0) is 25.4. The highest BCUT2D eigenvalue weighted by Crippen LogP contribution is 2.45. The van der Waals surface area contributed by atoms with E-state index in [0.29, 0.717) is 17.1 Å². The van der Waals surface area contributed by atoms with Gasteiger partial charge in [0.2, 0.25) is 0 Å². The van der Waals surface area contributed by atoms with Crippen LogP contribution in [0.4, 0.5) is 17.1 Å². The van der Waals surface area contributed by atoms with Gasteiger partial charge in [-0.25, -0.2) is 0 Å². The maximum absolute atomic E-state index is 10.2. The predicted molar refractivity (Wildman–Crippen MR) is 141 cm³/mol. The van der Waals surface area contributed by atoms with E-state index in [1.165, 1.54) is 0 Å². The van der Waals surface area contributed by atoms with Crippen molar-refractivity contribution >= 4 is 17.1 Å². The molecule has 5 nitrogen and oxygen atoms in total. The summed E-state index contributed by atoms with van der Waals surface area (Å²) in [5.41, 5.74) is 8.04. The molecule has 0 saturated heterocycles. The molecule has 0 spiro atoms. The topological polar surface area (TPSA) is 73.2 Å². The lowest BCUT2D eigenvalue weighted by Gasteiger charge is -2.31. The van der Waals surface area contributed by atoms with Crippen LogP contribution in [0.1, 0.15) is 33.4 Å². The molecular weight excluding hydrogens is 438 g/mol. The summed E-state index contributed by atoms with van der Waals surface area (Å²) in [4.78, 5) is 2.14. The summed E-state index contributed by atoms with van der Waals surface area (Å²) in [7, 11) is 0. The van der Waals surface area contributed by atoms with Gasteiger partial charge in [-0.2, -0.15) is 0 Å². The van der Waals surface area contributed by atoms with Gasteiger partial charge in [-0.1, -0.05) is 12.1 Å². The van der Waals surface area contributed by atoms with E-state index in [9.17, 15) is 15.3 Å². The van der Waals surface area contributed by atoms with Crippen LogP contribution in [-0.4, -0.2) is 15.3 Å². The number of anilines is 3. The molecule has 0 heterocycles. The highest BCUT2D eigenvalue weighted by Gasteiger charge is 2.22. The smallest absolute Gasteiger partial charge is 0.136 e. The first-order valence-electron chi connectivity index (χ1n) is 11.5. The molecule has 0 fully saturated rings. The molecule has 4 aromatic rings. The van der Waals surface area contributed by atoms with Crippen LogP contribution in [0.2, 0.25) is 0 Å². The van der Waals surface area contributed by atoms with Crippen molar-refractivity contribution in [1.29, 1.82) is 0 Å². The van der Waals surface area contributed by atoms with Crippen molar-refractivity contribution in [2.24, 2.45) is 0 Å². The number of aromatic hydroxyl groups is 3. The summed E-state index contributed by atoms with van der Waals surface area (Å²) >= 11 is 0. The molecular formula is C30H31NO4. The van der Waals surface area contributed by atoms with Gasteiger partial charge in [0.05, 0.1) is 11.4 Å². The monoisotopic (exact) mass is 469 g/mol. The lowest BCUT2D eigenvalue weighted by atomic mass is 10.0. The van der Waals surface area contributed by atoms with E-state index in [-0.39, 0.29) is 17.2 Å². The number of aryl methyl sites for hydroxylation is 5. The fraction of sp³-hybridized carbons (Fsp3) is 0.200. The summed E-state index contributed by atoms with van der Waals surface area (Å²) < 4.78 is 6.28. The van der Waals surface area contributed by atoms with Crippen molar-refractivity contribution in [2.45, 2.75) is 41.5 Å². The second-order valence-electron chi connectivity index (χ2n) is 9.15.